The summed E-state index contributed by atoms with van der Waals surface area (Å²) < 4.78 is 26.5. The number of carbonyl (C=O) groups is 1. The Labute approximate surface area is 191 Å². The average Bonchev–Trinajstić information content (AvgIpc) is 3.28. The molecule has 0 unspecified atom stereocenters. The lowest BCUT2D eigenvalue weighted by Gasteiger charge is -2.30. The first-order valence-corrected chi connectivity index (χ1v) is 12.1. The lowest BCUT2D eigenvalue weighted by Crippen LogP contribution is -2.42. The highest BCUT2D eigenvalue weighted by Crippen LogP contribution is 2.24. The van der Waals surface area contributed by atoms with Crippen molar-refractivity contribution in [3.63, 3.8) is 0 Å². The molecule has 33 heavy (non-hydrogen) atoms. The van der Waals surface area contributed by atoms with Gasteiger partial charge >= 0.3 is 0 Å². The van der Waals surface area contributed by atoms with E-state index in [1.165, 1.54) is 16.8 Å². The van der Waals surface area contributed by atoms with Gasteiger partial charge in [0.1, 0.15) is 11.8 Å². The van der Waals surface area contributed by atoms with Gasteiger partial charge in [-0.2, -0.15) is 10.4 Å². The first kappa shape index (κ1) is 22.5. The van der Waals surface area contributed by atoms with Crippen molar-refractivity contribution in [2.24, 2.45) is 0 Å². The Kier molecular flexibility index (Phi) is 6.17. The molecule has 1 aliphatic rings. The summed E-state index contributed by atoms with van der Waals surface area (Å²) in [6.45, 7) is 2.65. The number of piperidine rings is 1. The zero-order valence-corrected chi connectivity index (χ0v) is 18.9. The fourth-order valence-corrected chi connectivity index (χ4v) is 4.60. The Bertz CT molecular complexity index is 1340. The number of aryl methyl sites for hydroxylation is 1. The van der Waals surface area contributed by atoms with Gasteiger partial charge in [-0.05, 0) is 31.9 Å². The minimum atomic E-state index is -3.19. The summed E-state index contributed by atoms with van der Waals surface area (Å²) >= 11 is 0. The number of aldehydes is 1. The Morgan fingerprint density at radius 2 is 1.97 bits per heavy atom. The number of nitrogens with zero attached hydrogens (tertiary/aromatic N) is 7. The Morgan fingerprint density at radius 3 is 2.61 bits per heavy atom. The molecule has 0 amide bonds. The quantitative estimate of drug-likeness (QED) is 0.534. The van der Waals surface area contributed by atoms with Gasteiger partial charge in [0.25, 0.3) is 0 Å². The maximum Gasteiger partial charge on any atom is 0.223 e. The highest BCUT2D eigenvalue weighted by atomic mass is 32.2. The smallest absolute Gasteiger partial charge is 0.223 e. The number of nitrogens with one attached hydrogen (secondary N) is 1. The lowest BCUT2D eigenvalue weighted by atomic mass is 10.1. The average molecular weight is 467 g/mol. The van der Waals surface area contributed by atoms with E-state index in [4.69, 9.17) is 0 Å². The topological polar surface area (TPSA) is 147 Å². The Balaban J connectivity index is 1.56. The minimum absolute atomic E-state index is 0.0246. The van der Waals surface area contributed by atoms with Crippen LogP contribution in [0.1, 0.15) is 34.6 Å². The molecule has 0 radical (unpaired) electrons. The molecule has 12 heteroatoms. The molecule has 0 aromatic carbocycles. The van der Waals surface area contributed by atoms with E-state index in [1.807, 2.05) is 0 Å². The fourth-order valence-electron chi connectivity index (χ4n) is 3.73. The number of nitriles is 1. The standard InChI is InChI=1S/C21H22N8O3S/c1-14-19(4-3-18(13-30)25-14)29-12-16(11-24-29)20-15(9-22)10-23-21(27-20)26-17-5-7-28(8-6-17)33(2,31)32/h3-4,10-13,17H,5-8H2,1-2H3,(H,23,26,27). The van der Waals surface area contributed by atoms with Gasteiger partial charge in [-0.3, -0.25) is 4.79 Å². The number of rotatable bonds is 6. The van der Waals surface area contributed by atoms with Crippen LogP contribution in [-0.2, 0) is 10.0 Å². The van der Waals surface area contributed by atoms with Crippen molar-refractivity contribution >= 4 is 22.3 Å². The van der Waals surface area contributed by atoms with Crippen LogP contribution in [0.15, 0.2) is 30.7 Å². The van der Waals surface area contributed by atoms with Crippen molar-refractivity contribution in [3.05, 3.63) is 47.7 Å². The third-order valence-electron chi connectivity index (χ3n) is 5.47. The third kappa shape index (κ3) is 4.89. The SMILES string of the molecule is Cc1nc(C=O)ccc1-n1cc(-c2nc(NC3CCN(S(C)(=O)=O)CC3)ncc2C#N)cn1. The van der Waals surface area contributed by atoms with Crippen LogP contribution in [0.2, 0.25) is 0 Å². The fraction of sp³-hybridized carbons (Fsp3) is 0.333. The van der Waals surface area contributed by atoms with Gasteiger partial charge in [-0.1, -0.05) is 0 Å². The number of sulfonamides is 1. The molecule has 0 saturated carbocycles. The van der Waals surface area contributed by atoms with Crippen LogP contribution in [0.5, 0.6) is 0 Å². The minimum Gasteiger partial charge on any atom is -0.351 e. The first-order chi connectivity index (χ1) is 15.8. The molecule has 0 aliphatic carbocycles. The van der Waals surface area contributed by atoms with Crippen molar-refractivity contribution in [2.75, 3.05) is 24.7 Å². The van der Waals surface area contributed by atoms with E-state index in [2.05, 4.69) is 31.4 Å². The molecule has 1 aliphatic heterocycles. The monoisotopic (exact) mass is 466 g/mol. The molecule has 1 N–H and O–H groups in total. The van der Waals surface area contributed by atoms with E-state index in [0.717, 1.165) is 0 Å². The van der Waals surface area contributed by atoms with Crippen LogP contribution in [0.4, 0.5) is 5.95 Å². The van der Waals surface area contributed by atoms with E-state index in [0.29, 0.717) is 72.1 Å². The van der Waals surface area contributed by atoms with Crippen LogP contribution in [-0.4, -0.2) is 69.1 Å². The first-order valence-electron chi connectivity index (χ1n) is 10.3. The molecule has 3 aromatic heterocycles. The zero-order valence-electron chi connectivity index (χ0n) is 18.1. The largest absolute Gasteiger partial charge is 0.351 e. The maximum atomic E-state index is 11.7. The van der Waals surface area contributed by atoms with Gasteiger partial charge < -0.3 is 5.32 Å². The predicted molar refractivity (Wildman–Crippen MR) is 120 cm³/mol. The van der Waals surface area contributed by atoms with Crippen molar-refractivity contribution in [2.45, 2.75) is 25.8 Å². The second kappa shape index (κ2) is 9.05. The molecule has 0 bridgehead atoms. The number of anilines is 1. The van der Waals surface area contributed by atoms with E-state index < -0.39 is 10.0 Å². The van der Waals surface area contributed by atoms with Gasteiger partial charge in [-0.15, -0.1) is 0 Å². The molecule has 170 valence electrons. The molecule has 4 heterocycles. The summed E-state index contributed by atoms with van der Waals surface area (Å²) in [4.78, 5) is 24.0. The predicted octanol–water partition coefficient (Wildman–Crippen LogP) is 1.55. The van der Waals surface area contributed by atoms with Crippen LogP contribution in [0, 0.1) is 18.3 Å². The number of carbonyl (C=O) groups excluding carboxylic acids is 1. The highest BCUT2D eigenvalue weighted by molar-refractivity contribution is 7.88. The molecular weight excluding hydrogens is 444 g/mol. The van der Waals surface area contributed by atoms with Crippen LogP contribution in [0.25, 0.3) is 16.9 Å². The van der Waals surface area contributed by atoms with Crippen LogP contribution < -0.4 is 5.32 Å². The molecule has 11 nitrogen and oxygen atoms in total. The van der Waals surface area contributed by atoms with Gasteiger partial charge in [0, 0.05) is 30.9 Å². The van der Waals surface area contributed by atoms with E-state index in [9.17, 15) is 18.5 Å². The van der Waals surface area contributed by atoms with Gasteiger partial charge in [0.05, 0.1) is 41.3 Å². The molecule has 4 rings (SSSR count). The number of hydrogen-bond acceptors (Lipinski definition) is 9. The normalized spacial score (nSPS) is 15.2. The summed E-state index contributed by atoms with van der Waals surface area (Å²) in [6, 6.07) is 5.50. The van der Waals surface area contributed by atoms with Gasteiger partial charge in [0.2, 0.25) is 16.0 Å². The highest BCUT2D eigenvalue weighted by Gasteiger charge is 2.25. The molecule has 3 aromatic rings. The molecule has 1 fully saturated rings. The van der Waals surface area contributed by atoms with Crippen molar-refractivity contribution in [1.29, 1.82) is 5.26 Å². The summed E-state index contributed by atoms with van der Waals surface area (Å²) in [5.74, 6) is 0.364. The molecule has 0 spiro atoms. The van der Waals surface area contributed by atoms with Gasteiger partial charge in [-0.25, -0.2) is 32.4 Å². The van der Waals surface area contributed by atoms with E-state index >= 15 is 0 Å². The van der Waals surface area contributed by atoms with Crippen LogP contribution in [0.3, 0.4) is 0 Å². The second-order valence-electron chi connectivity index (χ2n) is 7.78. The van der Waals surface area contributed by atoms with Crippen molar-refractivity contribution in [3.8, 4) is 23.0 Å². The molecule has 0 atom stereocenters. The number of pyridine rings is 1. The van der Waals surface area contributed by atoms with Gasteiger partial charge in [0.15, 0.2) is 6.29 Å². The summed E-state index contributed by atoms with van der Waals surface area (Å²) in [5, 5.41) is 17.2. The molecule has 1 saturated heterocycles. The molecular formula is C21H22N8O3S. The summed E-state index contributed by atoms with van der Waals surface area (Å²) in [5.41, 5.74) is 3.05. The zero-order chi connectivity index (χ0) is 23.6. The Morgan fingerprint density at radius 1 is 1.21 bits per heavy atom. The Hall–Kier alpha value is -3.69. The second-order valence-corrected chi connectivity index (χ2v) is 9.76. The van der Waals surface area contributed by atoms with E-state index in [1.54, 1.807) is 36.1 Å². The summed E-state index contributed by atoms with van der Waals surface area (Å²) in [6.07, 6.45) is 7.96. The maximum absolute atomic E-state index is 11.7. The van der Waals surface area contributed by atoms with Crippen molar-refractivity contribution < 1.29 is 13.2 Å². The lowest BCUT2D eigenvalue weighted by molar-refractivity contribution is 0.111. The number of aromatic nitrogens is 5. The third-order valence-corrected chi connectivity index (χ3v) is 6.77. The summed E-state index contributed by atoms with van der Waals surface area (Å²) in [7, 11) is -3.19. The van der Waals surface area contributed by atoms with Crippen molar-refractivity contribution in [1.82, 2.24) is 29.0 Å². The van der Waals surface area contributed by atoms with E-state index in [-0.39, 0.29) is 6.04 Å². The number of hydrogen-bond donors (Lipinski definition) is 1. The van der Waals surface area contributed by atoms with Crippen LogP contribution >= 0.6 is 0 Å².